The van der Waals surface area contributed by atoms with E-state index < -0.39 is 6.10 Å². The number of ether oxygens (including phenoxy) is 1. The first-order valence-corrected chi connectivity index (χ1v) is 7.29. The molecule has 1 rings (SSSR count). The van der Waals surface area contributed by atoms with Gasteiger partial charge in [-0.3, -0.25) is 4.79 Å². The molecule has 0 aliphatic rings. The van der Waals surface area contributed by atoms with E-state index in [1.54, 1.807) is 6.92 Å². The Hall–Kier alpha value is -1.03. The van der Waals surface area contributed by atoms with Crippen LogP contribution in [0.5, 0.6) is 5.75 Å². The van der Waals surface area contributed by atoms with Gasteiger partial charge in [0.25, 0.3) is 5.91 Å². The molecule has 1 aromatic carbocycles. The molecule has 0 aromatic heterocycles. The van der Waals surface area contributed by atoms with Crippen LogP contribution in [0.2, 0.25) is 0 Å². The summed E-state index contributed by atoms with van der Waals surface area (Å²) >= 11 is 3.44. The second-order valence-electron chi connectivity index (χ2n) is 5.42. The van der Waals surface area contributed by atoms with E-state index in [9.17, 15) is 4.79 Å². The topological polar surface area (TPSA) is 38.3 Å². The number of aryl methyl sites for hydroxylation is 1. The van der Waals surface area contributed by atoms with Crippen molar-refractivity contribution in [3.63, 3.8) is 0 Å². The Bertz CT molecular complexity index is 457. The van der Waals surface area contributed by atoms with Crippen molar-refractivity contribution in [3.05, 3.63) is 28.2 Å². The summed E-state index contributed by atoms with van der Waals surface area (Å²) in [5, 5.41) is 2.98. The van der Waals surface area contributed by atoms with Crippen LogP contribution in [-0.2, 0) is 4.79 Å². The third-order valence-corrected chi connectivity index (χ3v) is 3.73. The van der Waals surface area contributed by atoms with Crippen molar-refractivity contribution in [2.24, 2.45) is 0 Å². The number of carbonyl (C=O) groups excluding carboxylic acids is 1. The van der Waals surface area contributed by atoms with Crippen molar-refractivity contribution in [2.75, 3.05) is 0 Å². The number of carbonyl (C=O) groups is 1. The van der Waals surface area contributed by atoms with Crippen LogP contribution >= 0.6 is 15.9 Å². The molecule has 0 saturated carbocycles. The molecule has 0 aliphatic heterocycles. The van der Waals surface area contributed by atoms with E-state index in [4.69, 9.17) is 4.74 Å². The predicted molar refractivity (Wildman–Crippen MR) is 81.5 cm³/mol. The van der Waals surface area contributed by atoms with E-state index in [1.807, 2.05) is 45.9 Å². The van der Waals surface area contributed by atoms with E-state index >= 15 is 0 Å². The zero-order chi connectivity index (χ0) is 14.6. The molecule has 3 nitrogen and oxygen atoms in total. The molecule has 0 fully saturated rings. The van der Waals surface area contributed by atoms with Crippen molar-refractivity contribution in [1.29, 1.82) is 0 Å². The van der Waals surface area contributed by atoms with Crippen LogP contribution in [-0.4, -0.2) is 17.6 Å². The molecule has 0 spiro atoms. The number of rotatable bonds is 5. The average Bonchev–Trinajstić information content (AvgIpc) is 2.32. The highest BCUT2D eigenvalue weighted by Gasteiger charge is 2.23. The maximum absolute atomic E-state index is 12.0. The van der Waals surface area contributed by atoms with E-state index in [-0.39, 0.29) is 11.4 Å². The molecule has 4 heteroatoms. The van der Waals surface area contributed by atoms with Gasteiger partial charge in [0.05, 0.1) is 4.47 Å². The fourth-order valence-corrected chi connectivity index (χ4v) is 2.06. The largest absolute Gasteiger partial charge is 0.480 e. The summed E-state index contributed by atoms with van der Waals surface area (Å²) < 4.78 is 6.56. The van der Waals surface area contributed by atoms with Crippen LogP contribution in [0, 0.1) is 6.92 Å². The lowest BCUT2D eigenvalue weighted by Gasteiger charge is -2.26. The minimum atomic E-state index is -0.523. The Morgan fingerprint density at radius 2 is 2.11 bits per heavy atom. The molecule has 1 unspecified atom stereocenters. The fraction of sp³-hybridized carbons (Fsp3) is 0.533. The first kappa shape index (κ1) is 16.0. The zero-order valence-corrected chi connectivity index (χ0v) is 13.8. The van der Waals surface area contributed by atoms with Gasteiger partial charge in [0, 0.05) is 5.54 Å². The van der Waals surface area contributed by atoms with Crippen LogP contribution < -0.4 is 10.1 Å². The molecule has 0 radical (unpaired) electrons. The lowest BCUT2D eigenvalue weighted by atomic mass is 10.0. The first-order chi connectivity index (χ1) is 8.75. The number of hydrogen-bond donors (Lipinski definition) is 1. The van der Waals surface area contributed by atoms with E-state index in [0.29, 0.717) is 5.75 Å². The van der Waals surface area contributed by atoms with Crippen LogP contribution in [0.4, 0.5) is 0 Å². The minimum absolute atomic E-state index is 0.0978. The van der Waals surface area contributed by atoms with Gasteiger partial charge in [-0.1, -0.05) is 13.0 Å². The highest BCUT2D eigenvalue weighted by molar-refractivity contribution is 9.10. The van der Waals surface area contributed by atoms with Gasteiger partial charge in [0.2, 0.25) is 0 Å². The third kappa shape index (κ3) is 4.86. The molecular weight excluding hydrogens is 306 g/mol. The van der Waals surface area contributed by atoms with Gasteiger partial charge < -0.3 is 10.1 Å². The van der Waals surface area contributed by atoms with E-state index in [0.717, 1.165) is 16.5 Å². The van der Waals surface area contributed by atoms with Crippen molar-refractivity contribution in [1.82, 2.24) is 5.32 Å². The van der Waals surface area contributed by atoms with Crippen LogP contribution in [0.15, 0.2) is 22.7 Å². The fourth-order valence-electron chi connectivity index (χ4n) is 1.47. The van der Waals surface area contributed by atoms with Crippen molar-refractivity contribution >= 4 is 21.8 Å². The summed E-state index contributed by atoms with van der Waals surface area (Å²) in [7, 11) is 0. The van der Waals surface area contributed by atoms with Gasteiger partial charge in [0.15, 0.2) is 6.10 Å². The molecule has 1 atom stereocenters. The Kier molecular flexibility index (Phi) is 5.41. The quantitative estimate of drug-likeness (QED) is 0.892. The Morgan fingerprint density at radius 3 is 2.63 bits per heavy atom. The van der Waals surface area contributed by atoms with Gasteiger partial charge in [-0.05, 0) is 67.7 Å². The summed E-state index contributed by atoms with van der Waals surface area (Å²) in [6.07, 6.45) is 0.351. The van der Waals surface area contributed by atoms with Gasteiger partial charge in [-0.15, -0.1) is 0 Å². The molecule has 1 amide bonds. The SMILES string of the molecule is CCC(C)(C)NC(=O)C(C)Oc1ccc(C)cc1Br. The van der Waals surface area contributed by atoms with Crippen LogP contribution in [0.1, 0.15) is 39.7 Å². The minimum Gasteiger partial charge on any atom is -0.480 e. The maximum atomic E-state index is 12.0. The molecule has 1 N–H and O–H groups in total. The summed E-state index contributed by atoms with van der Waals surface area (Å²) in [5.74, 6) is 0.585. The molecule has 1 aromatic rings. The average molecular weight is 328 g/mol. The summed E-state index contributed by atoms with van der Waals surface area (Å²) in [4.78, 5) is 12.0. The standard InChI is InChI=1S/C15H22BrNO2/c1-6-15(4,5)17-14(18)11(3)19-13-8-7-10(2)9-12(13)16/h7-9,11H,6H2,1-5H3,(H,17,18). The number of amides is 1. The van der Waals surface area contributed by atoms with Gasteiger partial charge in [-0.25, -0.2) is 0 Å². The molecule has 106 valence electrons. The highest BCUT2D eigenvalue weighted by atomic mass is 79.9. The van der Waals surface area contributed by atoms with Gasteiger partial charge >= 0.3 is 0 Å². The van der Waals surface area contributed by atoms with Crippen molar-refractivity contribution in [2.45, 2.75) is 52.7 Å². The van der Waals surface area contributed by atoms with E-state index in [2.05, 4.69) is 21.2 Å². The molecule has 0 bridgehead atoms. The van der Waals surface area contributed by atoms with Crippen molar-refractivity contribution in [3.8, 4) is 5.75 Å². The smallest absolute Gasteiger partial charge is 0.261 e. The normalized spacial score (nSPS) is 12.9. The molecule has 0 saturated heterocycles. The van der Waals surface area contributed by atoms with Gasteiger partial charge in [0.1, 0.15) is 5.75 Å². The van der Waals surface area contributed by atoms with E-state index in [1.165, 1.54) is 0 Å². The summed E-state index contributed by atoms with van der Waals surface area (Å²) in [6, 6.07) is 5.80. The lowest BCUT2D eigenvalue weighted by Crippen LogP contribution is -2.48. The number of nitrogens with one attached hydrogen (secondary N) is 1. The Labute approximate surface area is 123 Å². The highest BCUT2D eigenvalue weighted by Crippen LogP contribution is 2.26. The number of benzene rings is 1. The molecule has 0 heterocycles. The number of halogens is 1. The third-order valence-electron chi connectivity index (χ3n) is 3.11. The lowest BCUT2D eigenvalue weighted by molar-refractivity contribution is -0.129. The van der Waals surface area contributed by atoms with Crippen LogP contribution in [0.25, 0.3) is 0 Å². The summed E-state index contributed by atoms with van der Waals surface area (Å²) in [6.45, 7) is 9.81. The second kappa shape index (κ2) is 6.42. The second-order valence-corrected chi connectivity index (χ2v) is 6.27. The molecular formula is C15H22BrNO2. The van der Waals surface area contributed by atoms with Crippen LogP contribution in [0.3, 0.4) is 0 Å². The zero-order valence-electron chi connectivity index (χ0n) is 12.2. The van der Waals surface area contributed by atoms with Gasteiger partial charge in [-0.2, -0.15) is 0 Å². The maximum Gasteiger partial charge on any atom is 0.261 e. The Balaban J connectivity index is 2.69. The number of hydrogen-bond acceptors (Lipinski definition) is 2. The molecule has 19 heavy (non-hydrogen) atoms. The van der Waals surface area contributed by atoms with Crippen molar-refractivity contribution < 1.29 is 9.53 Å². The Morgan fingerprint density at radius 1 is 1.47 bits per heavy atom. The molecule has 0 aliphatic carbocycles. The monoisotopic (exact) mass is 327 g/mol. The summed E-state index contributed by atoms with van der Waals surface area (Å²) in [5.41, 5.74) is 0.933. The first-order valence-electron chi connectivity index (χ1n) is 6.50. The predicted octanol–water partition coefficient (Wildman–Crippen LogP) is 3.83.